The van der Waals surface area contributed by atoms with Crippen LogP contribution in [0.2, 0.25) is 0 Å². The van der Waals surface area contributed by atoms with Gasteiger partial charge in [0, 0.05) is 29.6 Å². The Morgan fingerprint density at radius 3 is 2.76 bits per heavy atom. The number of hydrogen-bond donors (Lipinski definition) is 3. The average Bonchev–Trinajstić information content (AvgIpc) is 3.51. The van der Waals surface area contributed by atoms with Crippen molar-refractivity contribution in [3.8, 4) is 12.3 Å². The molecule has 0 aliphatic carbocycles. The number of carbonyl (C=O) groups is 3. The molecule has 2 aliphatic rings. The summed E-state index contributed by atoms with van der Waals surface area (Å²) in [4.78, 5) is 44.2. The standard InChI is InChI=1S/C28H26F2N4O3/c1-4-18-13-28(19-7-5-6-8-20(19)33-26(28)37)15-34(18)25(36)23(14-27(2,3)30)32-24(35)22-11-16-9-10-17(29)12-21(16)31-22/h1,5-12,18,23,31H,13-15H2,2-3H3,(H,32,35)(H,33,37)/t18?,23-,28-/m0/s1. The minimum Gasteiger partial charge on any atom is -0.350 e. The summed E-state index contributed by atoms with van der Waals surface area (Å²) in [5, 5.41) is 6.11. The Balaban J connectivity index is 1.44. The van der Waals surface area contributed by atoms with E-state index >= 15 is 0 Å². The van der Waals surface area contributed by atoms with Crippen molar-refractivity contribution in [2.45, 2.75) is 49.9 Å². The lowest BCUT2D eigenvalue weighted by molar-refractivity contribution is -0.134. The zero-order chi connectivity index (χ0) is 26.5. The summed E-state index contributed by atoms with van der Waals surface area (Å²) in [5.41, 5.74) is -0.874. The Kier molecular flexibility index (Phi) is 5.78. The van der Waals surface area contributed by atoms with E-state index < -0.39 is 40.8 Å². The third-order valence-corrected chi connectivity index (χ3v) is 7.08. The largest absolute Gasteiger partial charge is 0.350 e. The van der Waals surface area contributed by atoms with E-state index in [4.69, 9.17) is 6.42 Å². The maximum absolute atomic E-state index is 14.8. The number of aromatic amines is 1. The SMILES string of the molecule is C#CC1C[C@@]2(CN1C(=O)[C@H](CC(C)(C)F)NC(=O)c1cc3ccc(F)cc3[nH]1)C(=O)Nc1ccccc12. The molecule has 5 rings (SSSR count). The number of para-hydroxylation sites is 1. The van der Waals surface area contributed by atoms with Crippen molar-refractivity contribution in [2.75, 3.05) is 11.9 Å². The summed E-state index contributed by atoms with van der Waals surface area (Å²) in [7, 11) is 0. The van der Waals surface area contributed by atoms with Crippen LogP contribution >= 0.6 is 0 Å². The van der Waals surface area contributed by atoms with E-state index in [2.05, 4.69) is 21.5 Å². The predicted molar refractivity (Wildman–Crippen MR) is 135 cm³/mol. The second-order valence-electron chi connectivity index (χ2n) is 10.3. The number of alkyl halides is 1. The molecule has 3 N–H and O–H groups in total. The van der Waals surface area contributed by atoms with Crippen LogP contribution in [0.3, 0.4) is 0 Å². The summed E-state index contributed by atoms with van der Waals surface area (Å²) < 4.78 is 28.4. The van der Waals surface area contributed by atoms with Gasteiger partial charge >= 0.3 is 0 Å². The summed E-state index contributed by atoms with van der Waals surface area (Å²) >= 11 is 0. The molecule has 3 amide bonds. The molecular weight excluding hydrogens is 478 g/mol. The van der Waals surface area contributed by atoms with Crippen molar-refractivity contribution in [1.82, 2.24) is 15.2 Å². The van der Waals surface area contributed by atoms with Gasteiger partial charge in [-0.15, -0.1) is 6.42 Å². The number of nitrogens with one attached hydrogen (secondary N) is 3. The number of anilines is 1. The molecule has 37 heavy (non-hydrogen) atoms. The zero-order valence-electron chi connectivity index (χ0n) is 20.4. The van der Waals surface area contributed by atoms with Crippen LogP contribution in [-0.4, -0.2) is 51.9 Å². The van der Waals surface area contributed by atoms with E-state index in [9.17, 15) is 23.2 Å². The molecule has 0 bridgehead atoms. The summed E-state index contributed by atoms with van der Waals surface area (Å²) in [6.07, 6.45) is 5.68. The fourth-order valence-corrected chi connectivity index (χ4v) is 5.36. The Morgan fingerprint density at radius 2 is 2.03 bits per heavy atom. The third-order valence-electron chi connectivity index (χ3n) is 7.08. The van der Waals surface area contributed by atoms with Gasteiger partial charge in [-0.3, -0.25) is 14.4 Å². The van der Waals surface area contributed by atoms with Crippen LogP contribution in [0.15, 0.2) is 48.5 Å². The zero-order valence-corrected chi connectivity index (χ0v) is 20.4. The van der Waals surface area contributed by atoms with Crippen LogP contribution in [0.5, 0.6) is 0 Å². The molecule has 7 nitrogen and oxygen atoms in total. The number of likely N-dealkylation sites (tertiary alicyclic amines) is 1. The highest BCUT2D eigenvalue weighted by Gasteiger charge is 2.56. The van der Waals surface area contributed by atoms with E-state index in [1.165, 1.54) is 43.0 Å². The molecule has 1 unspecified atom stereocenters. The molecule has 1 spiro atoms. The maximum atomic E-state index is 14.8. The number of fused-ring (bicyclic) bond motifs is 3. The lowest BCUT2D eigenvalue weighted by Crippen LogP contribution is -2.52. The van der Waals surface area contributed by atoms with Crippen LogP contribution in [-0.2, 0) is 15.0 Å². The highest BCUT2D eigenvalue weighted by atomic mass is 19.1. The normalized spacial score (nSPS) is 21.5. The number of H-pyrrole nitrogens is 1. The Hall–Kier alpha value is -4.19. The number of amides is 3. The number of terminal acetylenes is 1. The molecule has 190 valence electrons. The number of aromatic nitrogens is 1. The molecular formula is C28H26F2N4O3. The Bertz CT molecular complexity index is 1470. The van der Waals surface area contributed by atoms with Crippen LogP contribution in [0.1, 0.15) is 42.7 Å². The first-order valence-electron chi connectivity index (χ1n) is 12.0. The molecule has 0 radical (unpaired) electrons. The summed E-state index contributed by atoms with van der Waals surface area (Å²) in [5.74, 6) is 0.672. The van der Waals surface area contributed by atoms with Crippen molar-refractivity contribution >= 4 is 34.3 Å². The minimum absolute atomic E-state index is 0.00823. The molecule has 3 atom stereocenters. The molecule has 2 aliphatic heterocycles. The quantitative estimate of drug-likeness (QED) is 0.463. The van der Waals surface area contributed by atoms with Crippen LogP contribution < -0.4 is 10.6 Å². The topological polar surface area (TPSA) is 94.3 Å². The Morgan fingerprint density at radius 1 is 1.27 bits per heavy atom. The first-order chi connectivity index (χ1) is 17.5. The van der Waals surface area contributed by atoms with Crippen molar-refractivity contribution < 1.29 is 23.2 Å². The number of rotatable bonds is 5. The fourth-order valence-electron chi connectivity index (χ4n) is 5.36. The smallest absolute Gasteiger partial charge is 0.268 e. The van der Waals surface area contributed by atoms with E-state index in [0.717, 1.165) is 5.56 Å². The number of carbonyl (C=O) groups excluding carboxylic acids is 3. The van der Waals surface area contributed by atoms with Gasteiger partial charge in [0.05, 0.1) is 11.5 Å². The van der Waals surface area contributed by atoms with Gasteiger partial charge in [0.2, 0.25) is 11.8 Å². The number of hydrogen-bond acceptors (Lipinski definition) is 3. The molecule has 2 aromatic carbocycles. The summed E-state index contributed by atoms with van der Waals surface area (Å²) in [6, 6.07) is 10.9. The number of nitrogens with zero attached hydrogens (tertiary/aromatic N) is 1. The maximum Gasteiger partial charge on any atom is 0.268 e. The van der Waals surface area contributed by atoms with Gasteiger partial charge in [-0.1, -0.05) is 24.1 Å². The van der Waals surface area contributed by atoms with Crippen LogP contribution in [0, 0.1) is 18.2 Å². The molecule has 1 aromatic heterocycles. The number of halogens is 2. The highest BCUT2D eigenvalue weighted by Crippen LogP contribution is 2.46. The van der Waals surface area contributed by atoms with Gasteiger partial charge in [-0.25, -0.2) is 8.78 Å². The highest BCUT2D eigenvalue weighted by molar-refractivity contribution is 6.07. The summed E-state index contributed by atoms with van der Waals surface area (Å²) in [6.45, 7) is 2.64. The van der Waals surface area contributed by atoms with Gasteiger partial charge in [0.15, 0.2) is 0 Å². The fraction of sp³-hybridized carbons (Fsp3) is 0.321. The molecule has 3 heterocycles. The van der Waals surface area contributed by atoms with Gasteiger partial charge in [0.1, 0.15) is 23.2 Å². The van der Waals surface area contributed by atoms with E-state index in [1.807, 2.05) is 18.2 Å². The van der Waals surface area contributed by atoms with Crippen molar-refractivity contribution in [3.63, 3.8) is 0 Å². The molecule has 3 aromatic rings. The van der Waals surface area contributed by atoms with Gasteiger partial charge in [-0.05, 0) is 56.2 Å². The van der Waals surface area contributed by atoms with Crippen LogP contribution in [0.25, 0.3) is 10.9 Å². The monoisotopic (exact) mass is 504 g/mol. The first kappa shape index (κ1) is 24.5. The lowest BCUT2D eigenvalue weighted by Gasteiger charge is -2.30. The van der Waals surface area contributed by atoms with E-state index in [-0.39, 0.29) is 31.0 Å². The molecule has 9 heteroatoms. The molecule has 1 saturated heterocycles. The Labute approximate surface area is 212 Å². The first-order valence-corrected chi connectivity index (χ1v) is 12.0. The molecule has 0 saturated carbocycles. The average molecular weight is 505 g/mol. The van der Waals surface area contributed by atoms with Crippen LogP contribution in [0.4, 0.5) is 14.5 Å². The van der Waals surface area contributed by atoms with Crippen molar-refractivity contribution in [1.29, 1.82) is 0 Å². The van der Waals surface area contributed by atoms with E-state index in [1.54, 1.807) is 6.07 Å². The minimum atomic E-state index is -1.79. The van der Waals surface area contributed by atoms with Gasteiger partial charge < -0.3 is 20.5 Å². The lowest BCUT2D eigenvalue weighted by atomic mass is 9.79. The number of benzene rings is 2. The van der Waals surface area contributed by atoms with Gasteiger partial charge in [-0.2, -0.15) is 0 Å². The van der Waals surface area contributed by atoms with Crippen molar-refractivity contribution in [3.05, 3.63) is 65.6 Å². The molecule has 1 fully saturated rings. The van der Waals surface area contributed by atoms with Gasteiger partial charge in [0.25, 0.3) is 5.91 Å². The second kappa shape index (κ2) is 8.73. The predicted octanol–water partition coefficient (Wildman–Crippen LogP) is 3.67. The van der Waals surface area contributed by atoms with E-state index in [0.29, 0.717) is 16.6 Å². The van der Waals surface area contributed by atoms with Crippen molar-refractivity contribution in [2.24, 2.45) is 0 Å². The second-order valence-corrected chi connectivity index (χ2v) is 10.3. The third kappa shape index (κ3) is 4.33.